The molecule has 4 nitrogen and oxygen atoms in total. The number of rotatable bonds is 8. The molecule has 1 unspecified atom stereocenters. The van der Waals surface area contributed by atoms with Gasteiger partial charge >= 0.3 is 0 Å². The molecule has 2 N–H and O–H groups in total. The van der Waals surface area contributed by atoms with Gasteiger partial charge in [0.15, 0.2) is 6.29 Å². The Labute approximate surface area is 80.2 Å². The Balaban J connectivity index is 3.23. The summed E-state index contributed by atoms with van der Waals surface area (Å²) in [6.45, 7) is 3.42. The highest BCUT2D eigenvalue weighted by molar-refractivity contribution is 4.56. The highest BCUT2D eigenvalue weighted by Gasteiger charge is 2.04. The first-order valence-electron chi connectivity index (χ1n) is 4.69. The minimum absolute atomic E-state index is 0.196. The summed E-state index contributed by atoms with van der Waals surface area (Å²) in [6, 6.07) is 0. The third-order valence-electron chi connectivity index (χ3n) is 1.96. The monoisotopic (exact) mass is 191 g/mol. The molecule has 0 aliphatic heterocycles. The minimum atomic E-state index is -0.198. The normalized spacial score (nSPS) is 13.6. The van der Waals surface area contributed by atoms with E-state index in [1.165, 1.54) is 0 Å². The highest BCUT2D eigenvalue weighted by atomic mass is 16.7. The van der Waals surface area contributed by atoms with Crippen LogP contribution < -0.4 is 5.32 Å². The van der Waals surface area contributed by atoms with Crippen molar-refractivity contribution in [1.29, 1.82) is 0 Å². The standard InChI is InChI=1S/C9H21NO3/c1-4-8(11)5-6-10-7-9(12-2)13-3/h8-11H,4-7H2,1-3H3. The van der Waals surface area contributed by atoms with Crippen LogP contribution in [0.3, 0.4) is 0 Å². The third kappa shape index (κ3) is 6.95. The fourth-order valence-electron chi connectivity index (χ4n) is 0.956. The zero-order chi connectivity index (χ0) is 10.1. The predicted molar refractivity (Wildman–Crippen MR) is 51.6 cm³/mol. The number of aliphatic hydroxyl groups excluding tert-OH is 1. The van der Waals surface area contributed by atoms with Crippen LogP contribution in [0, 0.1) is 0 Å². The van der Waals surface area contributed by atoms with Crippen LogP contribution >= 0.6 is 0 Å². The maximum absolute atomic E-state index is 9.24. The van der Waals surface area contributed by atoms with Gasteiger partial charge < -0.3 is 19.9 Å². The lowest BCUT2D eigenvalue weighted by Gasteiger charge is -2.14. The fraction of sp³-hybridized carbons (Fsp3) is 1.00. The Hall–Kier alpha value is -0.160. The summed E-state index contributed by atoms with van der Waals surface area (Å²) >= 11 is 0. The van der Waals surface area contributed by atoms with Gasteiger partial charge in [0.2, 0.25) is 0 Å². The van der Waals surface area contributed by atoms with Crippen LogP contribution in [-0.2, 0) is 9.47 Å². The summed E-state index contributed by atoms with van der Waals surface area (Å²) in [5, 5.41) is 12.4. The number of hydrogen-bond acceptors (Lipinski definition) is 4. The van der Waals surface area contributed by atoms with E-state index in [4.69, 9.17) is 9.47 Å². The van der Waals surface area contributed by atoms with Crippen molar-refractivity contribution in [2.24, 2.45) is 0 Å². The number of hydrogen-bond donors (Lipinski definition) is 2. The van der Waals surface area contributed by atoms with Crippen LogP contribution in [0.25, 0.3) is 0 Å². The van der Waals surface area contributed by atoms with E-state index in [1.54, 1.807) is 14.2 Å². The Morgan fingerprint density at radius 2 is 1.92 bits per heavy atom. The quantitative estimate of drug-likeness (QED) is 0.429. The molecule has 0 amide bonds. The predicted octanol–water partition coefficient (Wildman–Crippen LogP) is 0.356. The molecule has 0 aliphatic carbocycles. The lowest BCUT2D eigenvalue weighted by Crippen LogP contribution is -2.31. The first-order valence-corrected chi connectivity index (χ1v) is 4.69. The van der Waals surface area contributed by atoms with Gasteiger partial charge in [-0.2, -0.15) is 0 Å². The topological polar surface area (TPSA) is 50.7 Å². The average Bonchev–Trinajstić information content (AvgIpc) is 2.18. The first kappa shape index (κ1) is 12.8. The molecule has 0 aliphatic rings. The van der Waals surface area contributed by atoms with Gasteiger partial charge in [0, 0.05) is 20.8 Å². The molecule has 0 spiro atoms. The van der Waals surface area contributed by atoms with Gasteiger partial charge in [-0.15, -0.1) is 0 Å². The highest BCUT2D eigenvalue weighted by Crippen LogP contribution is 1.94. The van der Waals surface area contributed by atoms with Gasteiger partial charge in [-0.25, -0.2) is 0 Å². The molecule has 0 saturated carbocycles. The van der Waals surface area contributed by atoms with E-state index >= 15 is 0 Å². The molecular weight excluding hydrogens is 170 g/mol. The fourth-order valence-corrected chi connectivity index (χ4v) is 0.956. The van der Waals surface area contributed by atoms with Crippen LogP contribution in [0.1, 0.15) is 19.8 Å². The number of methoxy groups -OCH3 is 2. The van der Waals surface area contributed by atoms with E-state index in [2.05, 4.69) is 5.32 Å². The van der Waals surface area contributed by atoms with Gasteiger partial charge in [-0.05, 0) is 19.4 Å². The minimum Gasteiger partial charge on any atom is -0.393 e. The van der Waals surface area contributed by atoms with E-state index in [1.807, 2.05) is 6.92 Å². The van der Waals surface area contributed by atoms with Crippen molar-refractivity contribution in [3.05, 3.63) is 0 Å². The van der Waals surface area contributed by atoms with Crippen molar-refractivity contribution in [1.82, 2.24) is 5.32 Å². The maximum atomic E-state index is 9.24. The van der Waals surface area contributed by atoms with Gasteiger partial charge in [0.25, 0.3) is 0 Å². The van der Waals surface area contributed by atoms with Gasteiger partial charge in [0.05, 0.1) is 6.10 Å². The van der Waals surface area contributed by atoms with Crippen LogP contribution in [0.2, 0.25) is 0 Å². The van der Waals surface area contributed by atoms with Crippen molar-refractivity contribution >= 4 is 0 Å². The third-order valence-corrected chi connectivity index (χ3v) is 1.96. The lowest BCUT2D eigenvalue weighted by atomic mass is 10.2. The van der Waals surface area contributed by atoms with Crippen molar-refractivity contribution in [2.45, 2.75) is 32.2 Å². The van der Waals surface area contributed by atoms with E-state index < -0.39 is 0 Å². The van der Waals surface area contributed by atoms with Crippen molar-refractivity contribution in [3.8, 4) is 0 Å². The van der Waals surface area contributed by atoms with Gasteiger partial charge in [0.1, 0.15) is 0 Å². The second kappa shape index (κ2) is 8.44. The van der Waals surface area contributed by atoms with Gasteiger partial charge in [-0.3, -0.25) is 0 Å². The van der Waals surface area contributed by atoms with E-state index in [9.17, 15) is 5.11 Å². The van der Waals surface area contributed by atoms with Crippen LogP contribution in [0.4, 0.5) is 0 Å². The molecule has 0 radical (unpaired) electrons. The Bertz CT molecular complexity index is 107. The maximum Gasteiger partial charge on any atom is 0.169 e. The van der Waals surface area contributed by atoms with Crippen LogP contribution in [0.15, 0.2) is 0 Å². The Morgan fingerprint density at radius 1 is 1.31 bits per heavy atom. The molecule has 80 valence electrons. The summed E-state index contributed by atoms with van der Waals surface area (Å²) in [4.78, 5) is 0. The summed E-state index contributed by atoms with van der Waals surface area (Å²) in [5.74, 6) is 0. The van der Waals surface area contributed by atoms with Crippen LogP contribution in [0.5, 0.6) is 0 Å². The number of nitrogens with one attached hydrogen (secondary N) is 1. The Morgan fingerprint density at radius 3 is 2.38 bits per heavy atom. The largest absolute Gasteiger partial charge is 0.393 e. The SMILES string of the molecule is CCC(O)CCNCC(OC)OC. The summed E-state index contributed by atoms with van der Waals surface area (Å²) in [6.07, 6.45) is 1.19. The number of ether oxygens (including phenoxy) is 2. The molecule has 0 fully saturated rings. The molecule has 0 bridgehead atoms. The molecular formula is C9H21NO3. The van der Waals surface area contributed by atoms with Crippen molar-refractivity contribution in [3.63, 3.8) is 0 Å². The number of aliphatic hydroxyl groups is 1. The molecule has 0 heterocycles. The molecule has 0 rings (SSSR count). The Kier molecular flexibility index (Phi) is 8.33. The smallest absolute Gasteiger partial charge is 0.169 e. The zero-order valence-electron chi connectivity index (χ0n) is 8.75. The van der Waals surface area contributed by atoms with Gasteiger partial charge in [-0.1, -0.05) is 6.92 Å². The summed E-state index contributed by atoms with van der Waals surface area (Å²) in [5.41, 5.74) is 0. The average molecular weight is 191 g/mol. The van der Waals surface area contributed by atoms with E-state index in [0.717, 1.165) is 19.4 Å². The second-order valence-electron chi connectivity index (χ2n) is 2.96. The first-order chi connectivity index (χ1) is 6.24. The summed E-state index contributed by atoms with van der Waals surface area (Å²) in [7, 11) is 3.22. The van der Waals surface area contributed by atoms with E-state index in [0.29, 0.717) is 6.54 Å². The van der Waals surface area contributed by atoms with Crippen LogP contribution in [-0.4, -0.2) is 44.8 Å². The lowest BCUT2D eigenvalue weighted by molar-refractivity contribution is -0.0988. The van der Waals surface area contributed by atoms with Crippen molar-refractivity contribution in [2.75, 3.05) is 27.3 Å². The molecule has 0 aromatic carbocycles. The molecule has 0 aromatic heterocycles. The molecule has 4 heteroatoms. The zero-order valence-corrected chi connectivity index (χ0v) is 8.75. The molecule has 0 aromatic rings. The molecule has 0 saturated heterocycles. The van der Waals surface area contributed by atoms with E-state index in [-0.39, 0.29) is 12.4 Å². The van der Waals surface area contributed by atoms with Crippen molar-refractivity contribution < 1.29 is 14.6 Å². The summed E-state index contributed by atoms with van der Waals surface area (Å²) < 4.78 is 9.97. The molecule has 13 heavy (non-hydrogen) atoms. The molecule has 1 atom stereocenters. The second-order valence-corrected chi connectivity index (χ2v) is 2.96.